The third-order valence-corrected chi connectivity index (χ3v) is 5.26. The van der Waals surface area contributed by atoms with E-state index in [2.05, 4.69) is 22.5 Å². The maximum atomic E-state index is 12.4. The van der Waals surface area contributed by atoms with Gasteiger partial charge in [-0.25, -0.2) is 9.48 Å². The number of carbonyl (C=O) groups excluding carboxylic acids is 1. The highest BCUT2D eigenvalue weighted by Gasteiger charge is 2.12. The van der Waals surface area contributed by atoms with Crippen LogP contribution in [0.4, 0.5) is 4.79 Å². The van der Waals surface area contributed by atoms with E-state index in [9.17, 15) is 4.79 Å². The molecule has 2 heterocycles. The number of hydrogen-bond donors (Lipinski definition) is 1. The largest absolute Gasteiger partial charge is 0.338 e. The number of thiophene rings is 1. The summed E-state index contributed by atoms with van der Waals surface area (Å²) in [5, 5.41) is 7.21. The highest BCUT2D eigenvalue weighted by molar-refractivity contribution is 7.16. The number of carbonyl (C=O) groups is 1. The third-order valence-electron chi connectivity index (χ3n) is 4.04. The Morgan fingerprint density at radius 1 is 1.27 bits per heavy atom. The zero-order valence-corrected chi connectivity index (χ0v) is 16.1. The van der Waals surface area contributed by atoms with Gasteiger partial charge >= 0.3 is 6.03 Å². The predicted octanol–water partition coefficient (Wildman–Crippen LogP) is 4.36. The highest BCUT2D eigenvalue weighted by Crippen LogP contribution is 2.22. The van der Waals surface area contributed by atoms with E-state index in [0.29, 0.717) is 19.6 Å². The van der Waals surface area contributed by atoms with Gasteiger partial charge in [-0.15, -0.1) is 11.3 Å². The van der Waals surface area contributed by atoms with Crippen LogP contribution in [0.15, 0.2) is 54.9 Å². The normalized spacial score (nSPS) is 10.7. The molecule has 1 N–H and O–H groups in total. The minimum absolute atomic E-state index is 0.0508. The van der Waals surface area contributed by atoms with Crippen LogP contribution in [0.2, 0.25) is 4.34 Å². The van der Waals surface area contributed by atoms with Crippen molar-refractivity contribution in [2.75, 3.05) is 13.1 Å². The van der Waals surface area contributed by atoms with Gasteiger partial charge in [-0.1, -0.05) is 23.7 Å². The molecule has 0 saturated heterocycles. The van der Waals surface area contributed by atoms with Crippen LogP contribution >= 0.6 is 22.9 Å². The van der Waals surface area contributed by atoms with Crippen LogP contribution in [0.1, 0.15) is 17.4 Å². The molecule has 1 aromatic carbocycles. The number of nitrogens with one attached hydrogen (secondary N) is 1. The molecule has 0 aliphatic carbocycles. The molecular weight excluding hydrogens is 368 g/mol. The van der Waals surface area contributed by atoms with Crippen LogP contribution in [0.3, 0.4) is 0 Å². The summed E-state index contributed by atoms with van der Waals surface area (Å²) in [5.74, 6) is 0. The fourth-order valence-electron chi connectivity index (χ4n) is 2.61. The minimum atomic E-state index is -0.0508. The Balaban J connectivity index is 1.48. The third kappa shape index (κ3) is 4.86. The van der Waals surface area contributed by atoms with Crippen molar-refractivity contribution in [1.29, 1.82) is 0 Å². The highest BCUT2D eigenvalue weighted by atomic mass is 35.5. The molecule has 0 atom stereocenters. The molecule has 0 aliphatic rings. The first-order valence-corrected chi connectivity index (χ1v) is 9.71. The molecule has 136 valence electrons. The van der Waals surface area contributed by atoms with Crippen LogP contribution < -0.4 is 5.32 Å². The zero-order valence-electron chi connectivity index (χ0n) is 14.6. The molecule has 26 heavy (non-hydrogen) atoms. The van der Waals surface area contributed by atoms with Crippen LogP contribution in [-0.4, -0.2) is 33.8 Å². The molecule has 0 fully saturated rings. The van der Waals surface area contributed by atoms with E-state index in [0.717, 1.165) is 21.3 Å². The van der Waals surface area contributed by atoms with Crippen LogP contribution in [-0.2, 0) is 13.0 Å². The molecular formula is C19H21ClN4OS. The van der Waals surface area contributed by atoms with Gasteiger partial charge in [-0.2, -0.15) is 5.10 Å². The maximum Gasteiger partial charge on any atom is 0.317 e. The Labute approximate surface area is 162 Å². The number of hydrogen-bond acceptors (Lipinski definition) is 3. The Hall–Kier alpha value is -2.31. The first-order chi connectivity index (χ1) is 12.7. The van der Waals surface area contributed by atoms with Gasteiger partial charge in [0.05, 0.1) is 16.6 Å². The average Bonchev–Trinajstić information content (AvgIpc) is 3.32. The molecule has 5 nitrogen and oxygen atoms in total. The predicted molar refractivity (Wildman–Crippen MR) is 106 cm³/mol. The van der Waals surface area contributed by atoms with E-state index in [4.69, 9.17) is 11.6 Å². The first kappa shape index (κ1) is 18.5. The number of urea groups is 1. The molecule has 0 bridgehead atoms. The number of rotatable bonds is 7. The second-order valence-electron chi connectivity index (χ2n) is 5.82. The average molecular weight is 389 g/mol. The maximum absolute atomic E-state index is 12.4. The molecule has 2 aromatic heterocycles. The van der Waals surface area contributed by atoms with Crippen molar-refractivity contribution < 1.29 is 4.79 Å². The summed E-state index contributed by atoms with van der Waals surface area (Å²) in [6.07, 6.45) is 4.45. The molecule has 0 aliphatic heterocycles. The van der Waals surface area contributed by atoms with Crippen molar-refractivity contribution in [1.82, 2.24) is 20.0 Å². The Morgan fingerprint density at radius 2 is 2.08 bits per heavy atom. The molecule has 7 heteroatoms. The minimum Gasteiger partial charge on any atom is -0.338 e. The monoisotopic (exact) mass is 388 g/mol. The van der Waals surface area contributed by atoms with Gasteiger partial charge in [0.1, 0.15) is 0 Å². The summed E-state index contributed by atoms with van der Waals surface area (Å²) in [7, 11) is 0. The van der Waals surface area contributed by atoms with Crippen molar-refractivity contribution in [3.8, 4) is 5.69 Å². The summed E-state index contributed by atoms with van der Waals surface area (Å²) < 4.78 is 2.57. The number of aromatic nitrogens is 2. The quantitative estimate of drug-likeness (QED) is 0.653. The van der Waals surface area contributed by atoms with Crippen LogP contribution in [0.25, 0.3) is 5.69 Å². The van der Waals surface area contributed by atoms with Crippen LogP contribution in [0.5, 0.6) is 0 Å². The Bertz CT molecular complexity index is 830. The van der Waals surface area contributed by atoms with E-state index in [1.54, 1.807) is 11.1 Å². The first-order valence-electron chi connectivity index (χ1n) is 8.51. The Morgan fingerprint density at radius 3 is 2.69 bits per heavy atom. The zero-order chi connectivity index (χ0) is 18.4. The van der Waals surface area contributed by atoms with E-state index >= 15 is 0 Å². The second kappa shape index (κ2) is 8.87. The summed E-state index contributed by atoms with van der Waals surface area (Å²) in [4.78, 5) is 15.2. The standard InChI is InChI=1S/C19H21ClN4OS/c1-2-23(14-17-8-9-18(20)26-17)19(25)21-12-10-15-4-6-16(7-5-15)24-13-3-11-22-24/h3-9,11,13H,2,10,12,14H2,1H3,(H,21,25). The van der Waals surface area contributed by atoms with Crippen molar-refractivity contribution in [3.63, 3.8) is 0 Å². The Kier molecular flexibility index (Phi) is 6.30. The van der Waals surface area contributed by atoms with Gasteiger partial charge in [0.25, 0.3) is 0 Å². The van der Waals surface area contributed by atoms with E-state index in [1.165, 1.54) is 16.9 Å². The van der Waals surface area contributed by atoms with Gasteiger partial charge in [-0.3, -0.25) is 0 Å². The summed E-state index contributed by atoms with van der Waals surface area (Å²) in [6, 6.07) is 13.9. The second-order valence-corrected chi connectivity index (χ2v) is 7.62. The topological polar surface area (TPSA) is 50.2 Å². The smallest absolute Gasteiger partial charge is 0.317 e. The van der Waals surface area contributed by atoms with Gasteiger partial charge < -0.3 is 10.2 Å². The lowest BCUT2D eigenvalue weighted by atomic mass is 10.1. The lowest BCUT2D eigenvalue weighted by Gasteiger charge is -2.20. The lowest BCUT2D eigenvalue weighted by Crippen LogP contribution is -2.40. The summed E-state index contributed by atoms with van der Waals surface area (Å²) in [6.45, 7) is 3.81. The SMILES string of the molecule is CCN(Cc1ccc(Cl)s1)C(=O)NCCc1ccc(-n2cccn2)cc1. The number of nitrogens with zero attached hydrogens (tertiary/aromatic N) is 3. The lowest BCUT2D eigenvalue weighted by molar-refractivity contribution is 0.199. The number of amides is 2. The van der Waals surface area contributed by atoms with Gasteiger partial charge in [0, 0.05) is 30.4 Å². The number of benzene rings is 1. The van der Waals surface area contributed by atoms with Crippen molar-refractivity contribution >= 4 is 29.0 Å². The van der Waals surface area contributed by atoms with Crippen molar-refractivity contribution in [2.24, 2.45) is 0 Å². The molecule has 3 rings (SSSR count). The molecule has 0 unspecified atom stereocenters. The fourth-order valence-corrected chi connectivity index (χ4v) is 3.72. The molecule has 2 amide bonds. The van der Waals surface area contributed by atoms with Gasteiger partial charge in [0.2, 0.25) is 0 Å². The molecule has 3 aromatic rings. The van der Waals surface area contributed by atoms with E-state index in [-0.39, 0.29) is 6.03 Å². The summed E-state index contributed by atoms with van der Waals surface area (Å²) in [5.41, 5.74) is 2.20. The molecule has 0 radical (unpaired) electrons. The summed E-state index contributed by atoms with van der Waals surface area (Å²) >= 11 is 7.46. The van der Waals surface area contributed by atoms with Gasteiger partial charge in [0.15, 0.2) is 0 Å². The van der Waals surface area contributed by atoms with Crippen LogP contribution in [0, 0.1) is 0 Å². The van der Waals surface area contributed by atoms with Crippen molar-refractivity contribution in [3.05, 3.63) is 69.6 Å². The molecule has 0 saturated carbocycles. The molecule has 0 spiro atoms. The van der Waals surface area contributed by atoms with Gasteiger partial charge in [-0.05, 0) is 49.2 Å². The van der Waals surface area contributed by atoms with E-state index < -0.39 is 0 Å². The fraction of sp³-hybridized carbons (Fsp3) is 0.263. The number of halogens is 1. The van der Waals surface area contributed by atoms with E-state index in [1.807, 2.05) is 48.1 Å². The van der Waals surface area contributed by atoms with Crippen molar-refractivity contribution in [2.45, 2.75) is 19.9 Å².